The van der Waals surface area contributed by atoms with Crippen LogP contribution < -0.4 is 5.73 Å². The molecule has 0 saturated carbocycles. The molecule has 0 spiro atoms. The Morgan fingerprint density at radius 3 is 2.32 bits per heavy atom. The highest BCUT2D eigenvalue weighted by Gasteiger charge is 2.22. The summed E-state index contributed by atoms with van der Waals surface area (Å²) in [7, 11) is 0. The van der Waals surface area contributed by atoms with Crippen molar-refractivity contribution in [3.63, 3.8) is 0 Å². The van der Waals surface area contributed by atoms with Gasteiger partial charge in [-0.2, -0.15) is 0 Å². The number of nitrogens with zero attached hydrogens (tertiary/aromatic N) is 2. The lowest BCUT2D eigenvalue weighted by molar-refractivity contribution is 0.182. The number of rotatable bonds is 6. The minimum atomic E-state index is 0.149. The van der Waals surface area contributed by atoms with E-state index in [2.05, 4.69) is 51.8 Å². The van der Waals surface area contributed by atoms with E-state index in [1.807, 2.05) is 0 Å². The fourth-order valence-electron chi connectivity index (χ4n) is 1.90. The summed E-state index contributed by atoms with van der Waals surface area (Å²) in [5.74, 6) is 0. The van der Waals surface area contributed by atoms with E-state index in [0.717, 1.165) is 19.6 Å². The molecule has 4 heteroatoms. The van der Waals surface area contributed by atoms with Crippen molar-refractivity contribution in [3.8, 4) is 0 Å². The van der Waals surface area contributed by atoms with Crippen molar-refractivity contribution in [3.05, 3.63) is 16.1 Å². The van der Waals surface area contributed by atoms with Crippen LogP contribution in [-0.4, -0.2) is 29.5 Å². The molecule has 1 aromatic rings. The highest BCUT2D eigenvalue weighted by atomic mass is 32.1. The third-order valence-electron chi connectivity index (χ3n) is 3.23. The maximum atomic E-state index is 5.82. The van der Waals surface area contributed by atoms with E-state index in [0.29, 0.717) is 6.54 Å². The van der Waals surface area contributed by atoms with Gasteiger partial charge in [-0.05, 0) is 18.5 Å². The van der Waals surface area contributed by atoms with Crippen LogP contribution in [0.3, 0.4) is 0 Å². The zero-order chi connectivity index (χ0) is 14.7. The fourth-order valence-corrected chi connectivity index (χ4v) is 2.80. The van der Waals surface area contributed by atoms with Crippen molar-refractivity contribution in [2.24, 2.45) is 11.1 Å². The fraction of sp³-hybridized carbons (Fsp3) is 0.800. The standard InChI is InChI=1S/C15H29N3S/c1-7-18(11-15(5,6)10-16)8-12-9-19-13(17-12)14(2,3)4/h9H,7-8,10-11,16H2,1-6H3. The Hall–Kier alpha value is -0.450. The zero-order valence-electron chi connectivity index (χ0n) is 13.3. The zero-order valence-corrected chi connectivity index (χ0v) is 14.1. The summed E-state index contributed by atoms with van der Waals surface area (Å²) in [6.45, 7) is 17.0. The van der Waals surface area contributed by atoms with Gasteiger partial charge in [-0.1, -0.05) is 41.5 Å². The van der Waals surface area contributed by atoms with E-state index >= 15 is 0 Å². The van der Waals surface area contributed by atoms with Gasteiger partial charge in [0.05, 0.1) is 10.7 Å². The highest BCUT2D eigenvalue weighted by Crippen LogP contribution is 2.26. The molecular weight excluding hydrogens is 254 g/mol. The molecule has 19 heavy (non-hydrogen) atoms. The quantitative estimate of drug-likeness (QED) is 0.871. The maximum Gasteiger partial charge on any atom is 0.0982 e. The number of hydrogen-bond donors (Lipinski definition) is 1. The lowest BCUT2D eigenvalue weighted by atomic mass is 9.93. The first kappa shape index (κ1) is 16.6. The van der Waals surface area contributed by atoms with Crippen molar-refractivity contribution < 1.29 is 0 Å². The highest BCUT2D eigenvalue weighted by molar-refractivity contribution is 7.09. The summed E-state index contributed by atoms with van der Waals surface area (Å²) in [4.78, 5) is 7.20. The second-order valence-corrected chi connectivity index (χ2v) is 7.92. The topological polar surface area (TPSA) is 42.2 Å². The number of hydrogen-bond acceptors (Lipinski definition) is 4. The van der Waals surface area contributed by atoms with Gasteiger partial charge in [-0.25, -0.2) is 4.98 Å². The van der Waals surface area contributed by atoms with Crippen molar-refractivity contribution in [2.45, 2.75) is 53.5 Å². The molecule has 0 amide bonds. The average molecular weight is 283 g/mol. The molecule has 0 fully saturated rings. The van der Waals surface area contributed by atoms with E-state index in [1.165, 1.54) is 10.7 Å². The van der Waals surface area contributed by atoms with Crippen LogP contribution in [0.4, 0.5) is 0 Å². The van der Waals surface area contributed by atoms with E-state index in [4.69, 9.17) is 10.7 Å². The predicted octanol–water partition coefficient (Wildman–Crippen LogP) is 3.25. The van der Waals surface area contributed by atoms with Gasteiger partial charge in [0.25, 0.3) is 0 Å². The van der Waals surface area contributed by atoms with E-state index in [1.54, 1.807) is 11.3 Å². The summed E-state index contributed by atoms with van der Waals surface area (Å²) in [6.07, 6.45) is 0. The average Bonchev–Trinajstić information content (AvgIpc) is 2.76. The normalized spacial score (nSPS) is 13.3. The maximum absolute atomic E-state index is 5.82. The van der Waals surface area contributed by atoms with Gasteiger partial charge in [0.15, 0.2) is 0 Å². The Morgan fingerprint density at radius 1 is 1.26 bits per heavy atom. The monoisotopic (exact) mass is 283 g/mol. The Bertz CT molecular complexity index is 390. The molecule has 0 aliphatic rings. The third kappa shape index (κ3) is 5.21. The Kier molecular flexibility index (Phi) is 5.53. The second kappa shape index (κ2) is 6.33. The van der Waals surface area contributed by atoms with Crippen molar-refractivity contribution in [2.75, 3.05) is 19.6 Å². The number of nitrogens with two attached hydrogens (primary N) is 1. The van der Waals surface area contributed by atoms with Gasteiger partial charge in [0.1, 0.15) is 0 Å². The van der Waals surface area contributed by atoms with Crippen LogP contribution in [0.25, 0.3) is 0 Å². The molecule has 1 rings (SSSR count). The minimum Gasteiger partial charge on any atom is -0.330 e. The largest absolute Gasteiger partial charge is 0.330 e. The van der Waals surface area contributed by atoms with Crippen molar-refractivity contribution in [1.29, 1.82) is 0 Å². The van der Waals surface area contributed by atoms with E-state index < -0.39 is 0 Å². The molecule has 0 radical (unpaired) electrons. The Morgan fingerprint density at radius 2 is 1.89 bits per heavy atom. The van der Waals surface area contributed by atoms with Crippen LogP contribution in [0, 0.1) is 5.41 Å². The van der Waals surface area contributed by atoms with Gasteiger partial charge in [-0.15, -0.1) is 11.3 Å². The molecule has 3 nitrogen and oxygen atoms in total. The van der Waals surface area contributed by atoms with Crippen molar-refractivity contribution in [1.82, 2.24) is 9.88 Å². The molecule has 2 N–H and O–H groups in total. The third-order valence-corrected chi connectivity index (χ3v) is 4.55. The van der Waals surface area contributed by atoms with Gasteiger partial charge in [0, 0.05) is 23.9 Å². The summed E-state index contributed by atoms with van der Waals surface area (Å²) in [6, 6.07) is 0. The van der Waals surface area contributed by atoms with Crippen LogP contribution in [0.15, 0.2) is 5.38 Å². The van der Waals surface area contributed by atoms with Gasteiger partial charge in [-0.3, -0.25) is 4.90 Å². The molecule has 0 atom stereocenters. The molecule has 0 bridgehead atoms. The molecule has 0 aliphatic heterocycles. The number of aromatic nitrogens is 1. The lowest BCUT2D eigenvalue weighted by Crippen LogP contribution is -2.38. The van der Waals surface area contributed by atoms with Gasteiger partial charge < -0.3 is 5.73 Å². The molecule has 0 saturated heterocycles. The molecule has 1 heterocycles. The summed E-state index contributed by atoms with van der Waals surface area (Å²) in [5.41, 5.74) is 7.32. The van der Waals surface area contributed by atoms with Crippen molar-refractivity contribution >= 4 is 11.3 Å². The smallest absolute Gasteiger partial charge is 0.0982 e. The predicted molar refractivity (Wildman–Crippen MR) is 84.6 cm³/mol. The first-order chi connectivity index (χ1) is 8.68. The minimum absolute atomic E-state index is 0.149. The van der Waals surface area contributed by atoms with Crippen LogP contribution in [0.2, 0.25) is 0 Å². The van der Waals surface area contributed by atoms with Gasteiger partial charge >= 0.3 is 0 Å². The van der Waals surface area contributed by atoms with Crippen LogP contribution >= 0.6 is 11.3 Å². The lowest BCUT2D eigenvalue weighted by Gasteiger charge is -2.30. The molecule has 0 aromatic carbocycles. The molecule has 0 unspecified atom stereocenters. The van der Waals surface area contributed by atoms with E-state index in [-0.39, 0.29) is 10.8 Å². The first-order valence-electron chi connectivity index (χ1n) is 7.05. The first-order valence-corrected chi connectivity index (χ1v) is 7.93. The SMILES string of the molecule is CCN(Cc1csc(C(C)(C)C)n1)CC(C)(C)CN. The summed E-state index contributed by atoms with van der Waals surface area (Å²) >= 11 is 1.77. The molecular formula is C15H29N3S. The number of thiazole rings is 1. The summed E-state index contributed by atoms with van der Waals surface area (Å²) in [5, 5.41) is 3.41. The van der Waals surface area contributed by atoms with Gasteiger partial charge in [0.2, 0.25) is 0 Å². The van der Waals surface area contributed by atoms with Crippen LogP contribution in [-0.2, 0) is 12.0 Å². The molecule has 1 aromatic heterocycles. The van der Waals surface area contributed by atoms with E-state index in [9.17, 15) is 0 Å². The molecule has 110 valence electrons. The van der Waals surface area contributed by atoms with Crippen LogP contribution in [0.5, 0.6) is 0 Å². The Balaban J connectivity index is 2.69. The second-order valence-electron chi connectivity index (χ2n) is 7.07. The Labute approximate surface area is 122 Å². The molecule has 0 aliphatic carbocycles. The van der Waals surface area contributed by atoms with Crippen LogP contribution in [0.1, 0.15) is 52.2 Å². The summed E-state index contributed by atoms with van der Waals surface area (Å²) < 4.78 is 0.